The number of rotatable bonds is 3. The van der Waals surface area contributed by atoms with Crippen LogP contribution in [0, 0.1) is 0 Å². The number of phenols is 1. The van der Waals surface area contributed by atoms with Crippen LogP contribution in [0.4, 0.5) is 0 Å². The lowest BCUT2D eigenvalue weighted by molar-refractivity contribution is 0.0698. The number of carbonyl (C=O) groups excluding carboxylic acids is 1. The Bertz CT molecular complexity index is 978. The van der Waals surface area contributed by atoms with E-state index in [2.05, 4.69) is 0 Å². The number of benzene rings is 2. The molecule has 0 unspecified atom stereocenters. The van der Waals surface area contributed by atoms with Crippen molar-refractivity contribution in [1.29, 1.82) is 0 Å². The van der Waals surface area contributed by atoms with Crippen molar-refractivity contribution < 1.29 is 18.3 Å². The zero-order valence-electron chi connectivity index (χ0n) is 15.7. The number of piperazine rings is 1. The normalized spacial score (nSPS) is 17.9. The second-order valence-corrected chi connectivity index (χ2v) is 9.32. The van der Waals surface area contributed by atoms with Crippen LogP contribution in [0.1, 0.15) is 34.3 Å². The maximum atomic E-state index is 13.1. The van der Waals surface area contributed by atoms with Crippen LogP contribution in [0.2, 0.25) is 0 Å². The van der Waals surface area contributed by atoms with Gasteiger partial charge in [-0.2, -0.15) is 4.31 Å². The molecule has 6 nitrogen and oxygen atoms in total. The van der Waals surface area contributed by atoms with E-state index >= 15 is 0 Å². The molecule has 1 amide bonds. The average molecular weight is 401 g/mol. The molecule has 1 aliphatic heterocycles. The fourth-order valence-corrected chi connectivity index (χ4v) is 5.41. The van der Waals surface area contributed by atoms with Crippen LogP contribution in [0.25, 0.3) is 0 Å². The lowest BCUT2D eigenvalue weighted by Crippen LogP contribution is -2.50. The first-order valence-corrected chi connectivity index (χ1v) is 11.1. The second-order valence-electron chi connectivity index (χ2n) is 7.38. The summed E-state index contributed by atoms with van der Waals surface area (Å²) in [6.45, 7) is 1.26. The molecule has 0 atom stereocenters. The monoisotopic (exact) mass is 400 g/mol. The van der Waals surface area contributed by atoms with Gasteiger partial charge in [0, 0.05) is 31.7 Å². The van der Waals surface area contributed by atoms with Crippen LogP contribution in [-0.2, 0) is 22.9 Å². The first-order valence-electron chi connectivity index (χ1n) is 9.65. The SMILES string of the molecule is O=C(c1ccc(O)cc1)N1CCN(S(=O)(=O)c2ccc3c(c2)CCCC3)CC1. The third-order valence-electron chi connectivity index (χ3n) is 5.60. The van der Waals surface area contributed by atoms with Crippen LogP contribution >= 0.6 is 0 Å². The van der Waals surface area contributed by atoms with Gasteiger partial charge in [-0.25, -0.2) is 8.42 Å². The summed E-state index contributed by atoms with van der Waals surface area (Å²) in [4.78, 5) is 14.6. The van der Waals surface area contributed by atoms with Crippen LogP contribution in [0.15, 0.2) is 47.4 Å². The van der Waals surface area contributed by atoms with Gasteiger partial charge in [0.15, 0.2) is 0 Å². The molecule has 0 spiro atoms. The van der Waals surface area contributed by atoms with Crippen molar-refractivity contribution in [3.05, 3.63) is 59.2 Å². The second kappa shape index (κ2) is 7.56. The average Bonchev–Trinajstić information content (AvgIpc) is 2.73. The molecular weight excluding hydrogens is 376 g/mol. The van der Waals surface area contributed by atoms with E-state index in [1.807, 2.05) is 12.1 Å². The highest BCUT2D eigenvalue weighted by atomic mass is 32.2. The molecule has 0 radical (unpaired) electrons. The number of amides is 1. The van der Waals surface area contributed by atoms with E-state index in [0.717, 1.165) is 31.2 Å². The fourth-order valence-electron chi connectivity index (χ4n) is 3.94. The smallest absolute Gasteiger partial charge is 0.253 e. The van der Waals surface area contributed by atoms with Crippen molar-refractivity contribution in [1.82, 2.24) is 9.21 Å². The third kappa shape index (κ3) is 3.64. The number of hydrogen-bond donors (Lipinski definition) is 1. The summed E-state index contributed by atoms with van der Waals surface area (Å²) in [5.41, 5.74) is 2.90. The molecule has 0 bridgehead atoms. The van der Waals surface area contributed by atoms with Gasteiger partial charge < -0.3 is 10.0 Å². The number of sulfonamides is 1. The van der Waals surface area contributed by atoms with Gasteiger partial charge in [0.25, 0.3) is 5.91 Å². The Morgan fingerprint density at radius 2 is 1.50 bits per heavy atom. The Hall–Kier alpha value is -2.38. The van der Waals surface area contributed by atoms with Gasteiger partial charge in [0.1, 0.15) is 5.75 Å². The van der Waals surface area contributed by atoms with Crippen molar-refractivity contribution in [3.8, 4) is 5.75 Å². The van der Waals surface area contributed by atoms with Gasteiger partial charge in [-0.05, 0) is 73.2 Å². The Balaban J connectivity index is 1.45. The number of hydrogen-bond acceptors (Lipinski definition) is 4. The molecule has 1 N–H and O–H groups in total. The predicted molar refractivity (Wildman–Crippen MR) is 106 cm³/mol. The van der Waals surface area contributed by atoms with Gasteiger partial charge in [0.2, 0.25) is 10.0 Å². The molecule has 28 heavy (non-hydrogen) atoms. The number of carbonyl (C=O) groups is 1. The summed E-state index contributed by atoms with van der Waals surface area (Å²) in [6.07, 6.45) is 4.23. The number of aryl methyl sites for hydroxylation is 2. The van der Waals surface area contributed by atoms with E-state index in [4.69, 9.17) is 0 Å². The minimum absolute atomic E-state index is 0.109. The van der Waals surface area contributed by atoms with Gasteiger partial charge in [-0.1, -0.05) is 6.07 Å². The summed E-state index contributed by atoms with van der Waals surface area (Å²) in [5.74, 6) is -0.0386. The Morgan fingerprint density at radius 3 is 2.18 bits per heavy atom. The minimum atomic E-state index is -3.55. The number of phenolic OH excluding ortho intramolecular Hbond substituents is 1. The molecular formula is C21H24N2O4S. The molecule has 1 saturated heterocycles. The summed E-state index contributed by atoms with van der Waals surface area (Å²) in [7, 11) is -3.55. The van der Waals surface area contributed by atoms with E-state index in [0.29, 0.717) is 23.5 Å². The minimum Gasteiger partial charge on any atom is -0.508 e. The van der Waals surface area contributed by atoms with E-state index in [9.17, 15) is 18.3 Å². The summed E-state index contributed by atoms with van der Waals surface area (Å²) >= 11 is 0. The Morgan fingerprint density at radius 1 is 0.857 bits per heavy atom. The Kier molecular flexibility index (Phi) is 5.12. The first kappa shape index (κ1) is 19.0. The highest BCUT2D eigenvalue weighted by Crippen LogP contribution is 2.26. The zero-order chi connectivity index (χ0) is 19.7. The maximum absolute atomic E-state index is 13.1. The lowest BCUT2D eigenvalue weighted by atomic mass is 9.92. The number of aromatic hydroxyl groups is 1. The summed E-state index contributed by atoms with van der Waals surface area (Å²) < 4.78 is 27.6. The van der Waals surface area contributed by atoms with E-state index < -0.39 is 10.0 Å². The maximum Gasteiger partial charge on any atom is 0.253 e. The van der Waals surface area contributed by atoms with Crippen molar-refractivity contribution in [2.75, 3.05) is 26.2 Å². The molecule has 1 fully saturated rings. The molecule has 0 aromatic heterocycles. The van der Waals surface area contributed by atoms with Crippen LogP contribution < -0.4 is 0 Å². The molecule has 148 valence electrons. The molecule has 1 heterocycles. The number of fused-ring (bicyclic) bond motifs is 1. The van der Waals surface area contributed by atoms with E-state index in [-0.39, 0.29) is 24.7 Å². The highest BCUT2D eigenvalue weighted by Gasteiger charge is 2.31. The van der Waals surface area contributed by atoms with Gasteiger partial charge >= 0.3 is 0 Å². The van der Waals surface area contributed by atoms with E-state index in [1.54, 1.807) is 23.1 Å². The predicted octanol–water partition coefficient (Wildman–Crippen LogP) is 2.42. The largest absolute Gasteiger partial charge is 0.508 e. The van der Waals surface area contributed by atoms with Crippen molar-refractivity contribution in [3.63, 3.8) is 0 Å². The molecule has 1 aliphatic carbocycles. The van der Waals surface area contributed by atoms with Gasteiger partial charge in [-0.3, -0.25) is 4.79 Å². The number of nitrogens with zero attached hydrogens (tertiary/aromatic N) is 2. The first-order chi connectivity index (χ1) is 13.4. The molecule has 0 saturated carbocycles. The van der Waals surface area contributed by atoms with Crippen LogP contribution in [0.5, 0.6) is 5.75 Å². The van der Waals surface area contributed by atoms with Gasteiger partial charge in [0.05, 0.1) is 4.90 Å². The van der Waals surface area contributed by atoms with Crippen molar-refractivity contribution >= 4 is 15.9 Å². The topological polar surface area (TPSA) is 77.9 Å². The molecule has 2 aromatic rings. The van der Waals surface area contributed by atoms with Crippen molar-refractivity contribution in [2.24, 2.45) is 0 Å². The van der Waals surface area contributed by atoms with Crippen LogP contribution in [0.3, 0.4) is 0 Å². The standard InChI is InChI=1S/C21H24N2O4S/c24-19-8-5-17(6-9-19)21(25)22-11-13-23(14-12-22)28(26,27)20-10-7-16-3-1-2-4-18(16)15-20/h5-10,15,24H,1-4,11-14H2. The van der Waals surface area contributed by atoms with Crippen LogP contribution in [-0.4, -0.2) is 54.8 Å². The quantitative estimate of drug-likeness (QED) is 0.858. The highest BCUT2D eigenvalue weighted by molar-refractivity contribution is 7.89. The van der Waals surface area contributed by atoms with Gasteiger partial charge in [-0.15, -0.1) is 0 Å². The van der Waals surface area contributed by atoms with Crippen molar-refractivity contribution in [2.45, 2.75) is 30.6 Å². The van der Waals surface area contributed by atoms with E-state index in [1.165, 1.54) is 22.0 Å². The fraction of sp³-hybridized carbons (Fsp3) is 0.381. The molecule has 4 rings (SSSR count). The third-order valence-corrected chi connectivity index (χ3v) is 7.49. The lowest BCUT2D eigenvalue weighted by Gasteiger charge is -2.34. The summed E-state index contributed by atoms with van der Waals surface area (Å²) in [6, 6.07) is 11.6. The molecule has 2 aliphatic rings. The summed E-state index contributed by atoms with van der Waals surface area (Å²) in [5, 5.41) is 9.36. The molecule has 7 heteroatoms. The molecule has 2 aromatic carbocycles. The zero-order valence-corrected chi connectivity index (χ0v) is 16.5. The Labute approximate surface area is 165 Å².